The number of nitrogens with zero attached hydrogens (tertiary/aromatic N) is 4. The second-order valence-corrected chi connectivity index (χ2v) is 9.84. The molecule has 0 atom stereocenters. The first-order valence-corrected chi connectivity index (χ1v) is 11.9. The van der Waals surface area contributed by atoms with Gasteiger partial charge in [-0.1, -0.05) is 28.9 Å². The summed E-state index contributed by atoms with van der Waals surface area (Å²) in [6, 6.07) is 12.1. The van der Waals surface area contributed by atoms with Gasteiger partial charge in [0.15, 0.2) is 11.8 Å². The number of aromatic nitrogens is 2. The zero-order valence-electron chi connectivity index (χ0n) is 15.7. The third kappa shape index (κ3) is 3.91. The van der Waals surface area contributed by atoms with Crippen LogP contribution in [0.3, 0.4) is 0 Å². The number of hydrogen-bond acceptors (Lipinski definition) is 9. The molecule has 0 bridgehead atoms. The third-order valence-corrected chi connectivity index (χ3v) is 7.25. The highest BCUT2D eigenvalue weighted by molar-refractivity contribution is 8.15. The molecular weight excluding hydrogens is 464 g/mol. The van der Waals surface area contributed by atoms with Crippen LogP contribution in [0.1, 0.15) is 16.2 Å². The topological polar surface area (TPSA) is 115 Å². The van der Waals surface area contributed by atoms with Crippen LogP contribution in [-0.2, 0) is 21.4 Å². The van der Waals surface area contributed by atoms with Crippen molar-refractivity contribution in [2.45, 2.75) is 11.5 Å². The van der Waals surface area contributed by atoms with Gasteiger partial charge in [-0.15, -0.1) is 4.40 Å². The van der Waals surface area contributed by atoms with Crippen LogP contribution in [0.25, 0.3) is 11.5 Å². The molecule has 0 amide bonds. The van der Waals surface area contributed by atoms with Gasteiger partial charge >= 0.3 is 5.97 Å². The van der Waals surface area contributed by atoms with Crippen molar-refractivity contribution in [2.75, 3.05) is 17.2 Å². The van der Waals surface area contributed by atoms with Crippen LogP contribution in [0, 0.1) is 0 Å². The minimum atomic E-state index is -3.44. The van der Waals surface area contributed by atoms with Crippen LogP contribution in [-0.4, -0.2) is 42.0 Å². The minimum Gasteiger partial charge on any atom is -0.454 e. The van der Waals surface area contributed by atoms with Gasteiger partial charge in [0, 0.05) is 11.4 Å². The molecule has 0 N–H and O–H groups in total. The monoisotopic (exact) mass is 476 g/mol. The fraction of sp³-hybridized carbons (Fsp3) is 0.158. The molecule has 0 fully saturated rings. The summed E-state index contributed by atoms with van der Waals surface area (Å²) in [7, 11) is -3.44. The van der Waals surface area contributed by atoms with E-state index in [0.29, 0.717) is 27.9 Å². The molecular formula is C19H13ClN4O5S2. The number of carbonyl (C=O) groups is 1. The summed E-state index contributed by atoms with van der Waals surface area (Å²) in [6.45, 7) is 0.157. The van der Waals surface area contributed by atoms with E-state index < -0.39 is 16.0 Å². The number of sulfonamides is 1. The maximum atomic E-state index is 12.5. The van der Waals surface area contributed by atoms with Gasteiger partial charge < -0.3 is 14.2 Å². The normalized spacial score (nSPS) is 16.4. The Bertz CT molecular complexity index is 1340. The molecule has 2 aromatic carbocycles. The van der Waals surface area contributed by atoms with Crippen LogP contribution in [0.15, 0.2) is 56.3 Å². The lowest BCUT2D eigenvalue weighted by atomic mass is 10.2. The van der Waals surface area contributed by atoms with Crippen LogP contribution in [0.5, 0.6) is 0 Å². The number of esters is 1. The number of thioether (sulfide) groups is 1. The summed E-state index contributed by atoms with van der Waals surface area (Å²) in [5.74, 6) is -0.165. The highest BCUT2D eigenvalue weighted by Crippen LogP contribution is 2.42. The Morgan fingerprint density at radius 1 is 1.26 bits per heavy atom. The van der Waals surface area contributed by atoms with Crippen molar-refractivity contribution in [2.24, 2.45) is 4.40 Å². The summed E-state index contributed by atoms with van der Waals surface area (Å²) in [6.07, 6.45) is 0. The van der Waals surface area contributed by atoms with E-state index in [-0.39, 0.29) is 24.1 Å². The molecule has 5 rings (SSSR count). The fourth-order valence-corrected chi connectivity index (χ4v) is 5.64. The fourth-order valence-electron chi connectivity index (χ4n) is 3.13. The molecule has 0 saturated heterocycles. The van der Waals surface area contributed by atoms with E-state index in [2.05, 4.69) is 14.5 Å². The van der Waals surface area contributed by atoms with E-state index in [0.717, 1.165) is 10.6 Å². The zero-order chi connectivity index (χ0) is 21.6. The summed E-state index contributed by atoms with van der Waals surface area (Å²) < 4.78 is 37.7. The molecule has 9 nitrogen and oxygen atoms in total. The van der Waals surface area contributed by atoms with Gasteiger partial charge in [0.2, 0.25) is 5.82 Å². The van der Waals surface area contributed by atoms with Crippen molar-refractivity contribution < 1.29 is 22.5 Å². The lowest BCUT2D eigenvalue weighted by Crippen LogP contribution is -2.35. The van der Waals surface area contributed by atoms with Crippen molar-refractivity contribution in [3.8, 4) is 11.5 Å². The first-order valence-electron chi connectivity index (χ1n) is 9.06. The highest BCUT2D eigenvalue weighted by atomic mass is 35.5. The molecule has 3 aromatic rings. The van der Waals surface area contributed by atoms with Crippen molar-refractivity contribution in [1.82, 2.24) is 10.1 Å². The lowest BCUT2D eigenvalue weighted by molar-refractivity contribution is 0.0459. The molecule has 0 radical (unpaired) electrons. The quantitative estimate of drug-likeness (QED) is 0.522. The van der Waals surface area contributed by atoms with Crippen LogP contribution >= 0.6 is 23.4 Å². The van der Waals surface area contributed by atoms with Crippen molar-refractivity contribution >= 4 is 50.2 Å². The summed E-state index contributed by atoms with van der Waals surface area (Å²) in [4.78, 5) is 19.3. The molecule has 0 saturated carbocycles. The van der Waals surface area contributed by atoms with E-state index in [1.165, 1.54) is 11.8 Å². The Balaban J connectivity index is 1.28. The molecule has 3 heterocycles. The standard InChI is InChI=1S/C19H13ClN4O5S2/c20-13-4-2-1-3-12(13)17-21-16(22-29-17)10-28-18(25)11-5-6-14-15(9-11)30-19-23-31(26,27)8-7-24(14)19/h1-6,9H,7-8,10H2. The van der Waals surface area contributed by atoms with Gasteiger partial charge in [-0.05, 0) is 42.1 Å². The number of hydrogen-bond donors (Lipinski definition) is 0. The second-order valence-electron chi connectivity index (χ2n) is 6.67. The first-order chi connectivity index (χ1) is 14.9. The molecule has 1 aromatic heterocycles. The second kappa shape index (κ2) is 7.66. The molecule has 31 heavy (non-hydrogen) atoms. The average Bonchev–Trinajstić information content (AvgIpc) is 3.34. The first kappa shape index (κ1) is 20.0. The molecule has 12 heteroatoms. The SMILES string of the molecule is O=C(OCc1noc(-c2ccccc2Cl)n1)c1ccc2c(c1)SC1=NS(=O)(=O)CCN12. The van der Waals surface area contributed by atoms with Gasteiger partial charge in [-0.25, -0.2) is 13.2 Å². The Hall–Kier alpha value is -2.89. The Morgan fingerprint density at radius 2 is 2.10 bits per heavy atom. The van der Waals surface area contributed by atoms with Gasteiger partial charge in [-0.2, -0.15) is 4.98 Å². The Morgan fingerprint density at radius 3 is 2.94 bits per heavy atom. The largest absolute Gasteiger partial charge is 0.454 e. The van der Waals surface area contributed by atoms with Crippen molar-refractivity contribution in [3.05, 3.63) is 58.9 Å². The third-order valence-electron chi connectivity index (χ3n) is 4.61. The zero-order valence-corrected chi connectivity index (χ0v) is 18.1. The minimum absolute atomic E-state index is 0.0405. The smallest absolute Gasteiger partial charge is 0.338 e. The Labute approximate surface area is 186 Å². The van der Waals surface area contributed by atoms with Crippen molar-refractivity contribution in [1.29, 1.82) is 0 Å². The summed E-state index contributed by atoms with van der Waals surface area (Å²) in [5.41, 5.74) is 1.73. The number of anilines is 1. The average molecular weight is 477 g/mol. The Kier molecular flexibility index (Phi) is 4.95. The van der Waals surface area contributed by atoms with Gasteiger partial charge in [0.1, 0.15) is 0 Å². The molecule has 0 aliphatic carbocycles. The van der Waals surface area contributed by atoms with E-state index in [1.807, 2.05) is 4.90 Å². The van der Waals surface area contributed by atoms with Crippen LogP contribution in [0.2, 0.25) is 5.02 Å². The molecule has 158 valence electrons. The van der Waals surface area contributed by atoms with Crippen LogP contribution < -0.4 is 4.90 Å². The van der Waals surface area contributed by atoms with Crippen molar-refractivity contribution in [3.63, 3.8) is 0 Å². The number of fused-ring (bicyclic) bond motifs is 3. The highest BCUT2D eigenvalue weighted by Gasteiger charge is 2.33. The number of amidine groups is 1. The number of benzene rings is 2. The summed E-state index contributed by atoms with van der Waals surface area (Å²) >= 11 is 7.33. The van der Waals surface area contributed by atoms with Gasteiger partial charge in [0.05, 0.1) is 27.6 Å². The molecule has 0 spiro atoms. The van der Waals surface area contributed by atoms with E-state index in [4.69, 9.17) is 20.9 Å². The predicted octanol–water partition coefficient (Wildman–Crippen LogP) is 3.36. The molecule has 2 aliphatic heterocycles. The molecule has 0 unspecified atom stereocenters. The van der Waals surface area contributed by atoms with E-state index in [1.54, 1.807) is 42.5 Å². The molecule has 2 aliphatic rings. The summed E-state index contributed by atoms with van der Waals surface area (Å²) in [5, 5.41) is 4.68. The maximum Gasteiger partial charge on any atom is 0.338 e. The maximum absolute atomic E-state index is 12.5. The number of carbonyl (C=O) groups excluding carboxylic acids is 1. The van der Waals surface area contributed by atoms with Gasteiger partial charge in [0.25, 0.3) is 15.9 Å². The van der Waals surface area contributed by atoms with E-state index in [9.17, 15) is 13.2 Å². The van der Waals surface area contributed by atoms with Gasteiger partial charge in [-0.3, -0.25) is 0 Å². The number of halogens is 1. The number of ether oxygens (including phenoxy) is 1. The lowest BCUT2D eigenvalue weighted by Gasteiger charge is -2.22. The van der Waals surface area contributed by atoms with E-state index >= 15 is 0 Å². The van der Waals surface area contributed by atoms with Crippen LogP contribution in [0.4, 0.5) is 5.69 Å². The predicted molar refractivity (Wildman–Crippen MR) is 115 cm³/mol. The number of rotatable bonds is 4.